The summed E-state index contributed by atoms with van der Waals surface area (Å²) in [6.07, 6.45) is 4.08. The van der Waals surface area contributed by atoms with Gasteiger partial charge in [-0.3, -0.25) is 4.99 Å². The molecule has 1 aliphatic rings. The quantitative estimate of drug-likeness (QED) is 0.862. The number of aryl methyl sites for hydroxylation is 1. The topological polar surface area (TPSA) is 35.8 Å². The van der Waals surface area contributed by atoms with Crippen LogP contribution < -0.4 is 0 Å². The van der Waals surface area contributed by atoms with Crippen molar-refractivity contribution < 1.29 is 5.11 Å². The molecule has 1 aliphatic carbocycles. The Labute approximate surface area is 128 Å². The first-order valence-corrected chi connectivity index (χ1v) is 7.69. The van der Waals surface area contributed by atoms with Gasteiger partial charge in [-0.15, -0.1) is 0 Å². The minimum absolute atomic E-state index is 0.104. The summed E-state index contributed by atoms with van der Waals surface area (Å²) in [7, 11) is 4.31. The van der Waals surface area contributed by atoms with E-state index in [1.54, 1.807) is 6.07 Å². The van der Waals surface area contributed by atoms with Gasteiger partial charge < -0.3 is 10.0 Å². The van der Waals surface area contributed by atoms with Gasteiger partial charge in [0.1, 0.15) is 5.75 Å². The largest absolute Gasteiger partial charge is 0.507 e. The minimum atomic E-state index is 0.104. The number of hydrogen-bond acceptors (Lipinski definition) is 3. The van der Waals surface area contributed by atoms with Crippen molar-refractivity contribution in [2.24, 2.45) is 10.4 Å². The van der Waals surface area contributed by atoms with Gasteiger partial charge in [-0.2, -0.15) is 0 Å². The second-order valence-corrected chi connectivity index (χ2v) is 7.28. The molecule has 3 heteroatoms. The fourth-order valence-electron chi connectivity index (χ4n) is 3.47. The molecular weight excluding hydrogens is 260 g/mol. The lowest BCUT2D eigenvalue weighted by Gasteiger charge is -2.45. The van der Waals surface area contributed by atoms with Crippen LogP contribution in [-0.4, -0.2) is 41.9 Å². The van der Waals surface area contributed by atoms with E-state index in [0.29, 0.717) is 5.75 Å². The molecule has 1 aromatic carbocycles. The molecule has 0 saturated heterocycles. The first-order valence-electron chi connectivity index (χ1n) is 7.69. The van der Waals surface area contributed by atoms with Gasteiger partial charge in [0.05, 0.1) is 6.04 Å². The van der Waals surface area contributed by atoms with Gasteiger partial charge in [-0.1, -0.05) is 25.5 Å². The van der Waals surface area contributed by atoms with Gasteiger partial charge in [-0.05, 0) is 52.9 Å². The summed E-state index contributed by atoms with van der Waals surface area (Å²) in [5.74, 6) is 0.301. The zero-order chi connectivity index (χ0) is 15.8. The average molecular weight is 288 g/mol. The third-order valence-electron chi connectivity index (χ3n) is 5.69. The van der Waals surface area contributed by atoms with Crippen molar-refractivity contribution in [1.29, 1.82) is 0 Å². The maximum atomic E-state index is 9.93. The summed E-state index contributed by atoms with van der Waals surface area (Å²) in [4.78, 5) is 7.14. The van der Waals surface area contributed by atoms with Crippen molar-refractivity contribution in [1.82, 2.24) is 4.90 Å². The molecule has 0 aliphatic heterocycles. The van der Waals surface area contributed by atoms with E-state index in [0.717, 1.165) is 24.0 Å². The molecule has 0 bridgehead atoms. The Morgan fingerprint density at radius 2 is 1.95 bits per heavy atom. The van der Waals surface area contributed by atoms with Crippen molar-refractivity contribution >= 4 is 6.21 Å². The van der Waals surface area contributed by atoms with Crippen LogP contribution in [0.1, 0.15) is 44.7 Å². The Bertz CT molecular complexity index is 548. The highest BCUT2D eigenvalue weighted by Gasteiger charge is 2.52. The van der Waals surface area contributed by atoms with Crippen molar-refractivity contribution in [3.05, 3.63) is 29.3 Å². The maximum Gasteiger partial charge on any atom is 0.124 e. The number of aromatic hydroxyl groups is 1. The highest BCUT2D eigenvalue weighted by molar-refractivity contribution is 5.83. The second-order valence-electron chi connectivity index (χ2n) is 7.28. The molecule has 3 nitrogen and oxygen atoms in total. The smallest absolute Gasteiger partial charge is 0.124 e. The SMILES string of the molecule is Cc1ccc(O)c(C=N[C@H]2CC[C@](C)(N(C)C)C2(C)C)c1. The highest BCUT2D eigenvalue weighted by atomic mass is 16.3. The standard InChI is InChI=1S/C18H28N2O/c1-13-7-8-15(21)14(11-13)12-19-16-9-10-18(4,20(5)6)17(16,2)3/h7-8,11-12,16,21H,9-10H2,1-6H3/t16-,18-/m0/s1. The van der Waals surface area contributed by atoms with Crippen LogP contribution in [0.4, 0.5) is 0 Å². The van der Waals surface area contributed by atoms with Gasteiger partial charge in [0.25, 0.3) is 0 Å². The summed E-state index contributed by atoms with van der Waals surface area (Å²) in [6.45, 7) is 8.96. The number of aliphatic imine (C=N–C) groups is 1. The molecule has 2 atom stereocenters. The van der Waals surface area contributed by atoms with Gasteiger partial charge in [0.2, 0.25) is 0 Å². The van der Waals surface area contributed by atoms with Crippen LogP contribution in [0, 0.1) is 12.3 Å². The molecule has 0 spiro atoms. The summed E-state index contributed by atoms with van der Waals surface area (Å²) >= 11 is 0. The summed E-state index contributed by atoms with van der Waals surface area (Å²) in [6, 6.07) is 5.91. The molecule has 1 saturated carbocycles. The lowest BCUT2D eigenvalue weighted by atomic mass is 9.73. The van der Waals surface area contributed by atoms with Gasteiger partial charge >= 0.3 is 0 Å². The molecule has 0 unspecified atom stereocenters. The van der Waals surface area contributed by atoms with E-state index in [9.17, 15) is 5.11 Å². The van der Waals surface area contributed by atoms with Crippen LogP contribution in [0.25, 0.3) is 0 Å². The van der Waals surface area contributed by atoms with Crippen LogP contribution in [0.2, 0.25) is 0 Å². The second kappa shape index (κ2) is 5.45. The van der Waals surface area contributed by atoms with Crippen molar-refractivity contribution in [2.45, 2.75) is 52.1 Å². The molecule has 1 aromatic rings. The zero-order valence-corrected chi connectivity index (χ0v) is 14.1. The van der Waals surface area contributed by atoms with E-state index in [-0.39, 0.29) is 17.0 Å². The Kier molecular flexibility index (Phi) is 4.16. The van der Waals surface area contributed by atoms with E-state index < -0.39 is 0 Å². The molecule has 116 valence electrons. The molecule has 0 radical (unpaired) electrons. The number of phenolic OH excluding ortho intramolecular Hbond substituents is 1. The first kappa shape index (κ1) is 16.0. The van der Waals surface area contributed by atoms with Gasteiger partial charge in [0, 0.05) is 22.7 Å². The monoisotopic (exact) mass is 288 g/mol. The summed E-state index contributed by atoms with van der Waals surface area (Å²) in [5, 5.41) is 9.93. The third-order valence-corrected chi connectivity index (χ3v) is 5.69. The van der Waals surface area contributed by atoms with E-state index in [2.05, 4.69) is 39.8 Å². The van der Waals surface area contributed by atoms with Crippen molar-refractivity contribution in [2.75, 3.05) is 14.1 Å². The lowest BCUT2D eigenvalue weighted by molar-refractivity contribution is 0.0568. The number of hydrogen-bond donors (Lipinski definition) is 1. The summed E-state index contributed by atoms with van der Waals surface area (Å²) < 4.78 is 0. The fourth-order valence-corrected chi connectivity index (χ4v) is 3.47. The van der Waals surface area contributed by atoms with Gasteiger partial charge in [-0.25, -0.2) is 0 Å². The van der Waals surface area contributed by atoms with E-state index in [4.69, 9.17) is 4.99 Å². The Hall–Kier alpha value is -1.35. The summed E-state index contributed by atoms with van der Waals surface area (Å²) in [5.41, 5.74) is 2.21. The fraction of sp³-hybridized carbons (Fsp3) is 0.611. The van der Waals surface area contributed by atoms with Gasteiger partial charge in [0.15, 0.2) is 0 Å². The average Bonchev–Trinajstić information content (AvgIpc) is 2.63. The first-order chi connectivity index (χ1) is 9.68. The third kappa shape index (κ3) is 2.71. The molecule has 0 amide bonds. The molecule has 21 heavy (non-hydrogen) atoms. The maximum absolute atomic E-state index is 9.93. The predicted molar refractivity (Wildman–Crippen MR) is 89.3 cm³/mol. The number of phenols is 1. The van der Waals surface area contributed by atoms with Crippen LogP contribution in [-0.2, 0) is 0 Å². The van der Waals surface area contributed by atoms with Crippen molar-refractivity contribution in [3.63, 3.8) is 0 Å². The van der Waals surface area contributed by atoms with Crippen LogP contribution in [0.15, 0.2) is 23.2 Å². The molecule has 1 N–H and O–H groups in total. The molecule has 0 aromatic heterocycles. The Morgan fingerprint density at radius 1 is 1.29 bits per heavy atom. The predicted octanol–water partition coefficient (Wildman–Crippen LogP) is 3.63. The Morgan fingerprint density at radius 3 is 2.52 bits per heavy atom. The van der Waals surface area contributed by atoms with Crippen molar-refractivity contribution in [3.8, 4) is 5.75 Å². The zero-order valence-electron chi connectivity index (χ0n) is 14.1. The van der Waals surface area contributed by atoms with E-state index >= 15 is 0 Å². The minimum Gasteiger partial charge on any atom is -0.507 e. The number of benzene rings is 1. The molecule has 1 fully saturated rings. The van der Waals surface area contributed by atoms with Crippen LogP contribution >= 0.6 is 0 Å². The normalized spacial score (nSPS) is 28.6. The Balaban J connectivity index is 2.25. The number of nitrogens with zero attached hydrogens (tertiary/aromatic N) is 2. The molecular formula is C18H28N2O. The highest BCUT2D eigenvalue weighted by Crippen LogP contribution is 2.50. The molecule has 0 heterocycles. The van der Waals surface area contributed by atoms with E-state index in [1.807, 2.05) is 25.3 Å². The van der Waals surface area contributed by atoms with Crippen LogP contribution in [0.5, 0.6) is 5.75 Å². The lowest BCUT2D eigenvalue weighted by Crippen LogP contribution is -2.52. The van der Waals surface area contributed by atoms with Crippen LogP contribution in [0.3, 0.4) is 0 Å². The number of rotatable bonds is 3. The molecule has 2 rings (SSSR count). The van der Waals surface area contributed by atoms with E-state index in [1.165, 1.54) is 0 Å².